The fourth-order valence-electron chi connectivity index (χ4n) is 1.83. The SMILES string of the molecule is CSCCC(C)N(C)c1ccnc(CNC(C)C)c1. The van der Waals surface area contributed by atoms with Gasteiger partial charge in [0.1, 0.15) is 0 Å². The minimum Gasteiger partial charge on any atom is -0.372 e. The summed E-state index contributed by atoms with van der Waals surface area (Å²) in [7, 11) is 2.17. The van der Waals surface area contributed by atoms with Crippen molar-refractivity contribution in [2.24, 2.45) is 0 Å². The Morgan fingerprint density at radius 3 is 2.74 bits per heavy atom. The first-order valence-corrected chi connectivity index (χ1v) is 8.34. The molecule has 0 aliphatic rings. The van der Waals surface area contributed by atoms with Crippen molar-refractivity contribution in [3.05, 3.63) is 24.0 Å². The lowest BCUT2D eigenvalue weighted by Gasteiger charge is -2.27. The molecule has 1 aromatic heterocycles. The van der Waals surface area contributed by atoms with E-state index in [0.717, 1.165) is 12.2 Å². The molecule has 0 amide bonds. The van der Waals surface area contributed by atoms with Gasteiger partial charge in [-0.2, -0.15) is 11.8 Å². The number of nitrogens with zero attached hydrogens (tertiary/aromatic N) is 2. The van der Waals surface area contributed by atoms with E-state index in [4.69, 9.17) is 0 Å². The van der Waals surface area contributed by atoms with Crippen LogP contribution in [0.4, 0.5) is 5.69 Å². The highest BCUT2D eigenvalue weighted by Crippen LogP contribution is 2.18. The summed E-state index contributed by atoms with van der Waals surface area (Å²) < 4.78 is 0. The van der Waals surface area contributed by atoms with Crippen LogP contribution in [-0.4, -0.2) is 36.1 Å². The second kappa shape index (κ2) is 8.43. The number of hydrogen-bond donors (Lipinski definition) is 1. The maximum absolute atomic E-state index is 4.42. The zero-order chi connectivity index (χ0) is 14.3. The van der Waals surface area contributed by atoms with Gasteiger partial charge < -0.3 is 10.2 Å². The molecule has 1 heterocycles. The quantitative estimate of drug-likeness (QED) is 0.792. The molecule has 1 N–H and O–H groups in total. The molecule has 0 bridgehead atoms. The Morgan fingerprint density at radius 1 is 1.37 bits per heavy atom. The highest BCUT2D eigenvalue weighted by molar-refractivity contribution is 7.98. The normalized spacial score (nSPS) is 12.7. The summed E-state index contributed by atoms with van der Waals surface area (Å²) >= 11 is 1.91. The molecule has 3 nitrogen and oxygen atoms in total. The van der Waals surface area contributed by atoms with Crippen molar-refractivity contribution in [2.45, 2.75) is 45.8 Å². The lowest BCUT2D eigenvalue weighted by molar-refractivity contribution is 0.581. The van der Waals surface area contributed by atoms with Gasteiger partial charge in [-0.3, -0.25) is 4.98 Å². The van der Waals surface area contributed by atoms with Gasteiger partial charge in [0.2, 0.25) is 0 Å². The van der Waals surface area contributed by atoms with Gasteiger partial charge in [-0.15, -0.1) is 0 Å². The highest BCUT2D eigenvalue weighted by Gasteiger charge is 2.10. The third kappa shape index (κ3) is 5.83. The smallest absolute Gasteiger partial charge is 0.0562 e. The molecule has 19 heavy (non-hydrogen) atoms. The molecule has 0 saturated carbocycles. The molecule has 0 aromatic carbocycles. The van der Waals surface area contributed by atoms with E-state index in [1.807, 2.05) is 18.0 Å². The van der Waals surface area contributed by atoms with Gasteiger partial charge in [0.15, 0.2) is 0 Å². The predicted molar refractivity (Wildman–Crippen MR) is 87.1 cm³/mol. The number of pyridine rings is 1. The fraction of sp³-hybridized carbons (Fsp3) is 0.667. The Hall–Kier alpha value is -0.740. The monoisotopic (exact) mass is 281 g/mol. The van der Waals surface area contributed by atoms with Gasteiger partial charge in [0, 0.05) is 37.6 Å². The number of rotatable bonds is 8. The van der Waals surface area contributed by atoms with Gasteiger partial charge in [-0.05, 0) is 37.5 Å². The zero-order valence-corrected chi connectivity index (χ0v) is 13.6. The number of anilines is 1. The first-order chi connectivity index (χ1) is 9.04. The third-order valence-electron chi connectivity index (χ3n) is 3.30. The average Bonchev–Trinajstić information content (AvgIpc) is 2.42. The molecular weight excluding hydrogens is 254 g/mol. The third-order valence-corrected chi connectivity index (χ3v) is 3.94. The summed E-state index contributed by atoms with van der Waals surface area (Å²) in [5, 5.41) is 3.41. The second-order valence-electron chi connectivity index (χ2n) is 5.28. The topological polar surface area (TPSA) is 28.2 Å². The van der Waals surface area contributed by atoms with Crippen LogP contribution in [-0.2, 0) is 6.54 Å². The van der Waals surface area contributed by atoms with E-state index >= 15 is 0 Å². The Morgan fingerprint density at radius 2 is 2.11 bits per heavy atom. The van der Waals surface area contributed by atoms with E-state index in [2.05, 4.69) is 61.4 Å². The highest BCUT2D eigenvalue weighted by atomic mass is 32.2. The molecular formula is C15H27N3S. The molecule has 1 atom stereocenters. The molecule has 0 aliphatic carbocycles. The van der Waals surface area contributed by atoms with Crippen molar-refractivity contribution < 1.29 is 0 Å². The number of aromatic nitrogens is 1. The van der Waals surface area contributed by atoms with Crippen LogP contribution in [0.5, 0.6) is 0 Å². The lowest BCUT2D eigenvalue weighted by atomic mass is 10.2. The van der Waals surface area contributed by atoms with Crippen LogP contribution in [0.1, 0.15) is 32.9 Å². The van der Waals surface area contributed by atoms with Crippen molar-refractivity contribution in [1.29, 1.82) is 0 Å². The Kier molecular flexibility index (Phi) is 7.24. The van der Waals surface area contributed by atoms with Crippen LogP contribution in [0.2, 0.25) is 0 Å². The molecule has 0 spiro atoms. The van der Waals surface area contributed by atoms with E-state index in [-0.39, 0.29) is 0 Å². The summed E-state index contributed by atoms with van der Waals surface area (Å²) in [5.74, 6) is 1.21. The summed E-state index contributed by atoms with van der Waals surface area (Å²) in [5.41, 5.74) is 2.36. The molecule has 0 aliphatic heterocycles. The molecule has 0 radical (unpaired) electrons. The van der Waals surface area contributed by atoms with Crippen LogP contribution < -0.4 is 10.2 Å². The van der Waals surface area contributed by atoms with Crippen molar-refractivity contribution in [3.8, 4) is 0 Å². The van der Waals surface area contributed by atoms with Gasteiger partial charge >= 0.3 is 0 Å². The maximum atomic E-state index is 4.42. The summed E-state index contributed by atoms with van der Waals surface area (Å²) in [4.78, 5) is 6.77. The van der Waals surface area contributed by atoms with E-state index < -0.39 is 0 Å². The number of hydrogen-bond acceptors (Lipinski definition) is 4. The minimum absolute atomic E-state index is 0.490. The Bertz CT molecular complexity index is 368. The standard InChI is InChI=1S/C15H27N3S/c1-12(2)17-11-14-10-15(6-8-16-14)18(4)13(3)7-9-19-5/h6,8,10,12-13,17H,7,9,11H2,1-5H3. The van der Waals surface area contributed by atoms with Gasteiger partial charge in [-0.25, -0.2) is 0 Å². The van der Waals surface area contributed by atoms with Crippen molar-refractivity contribution >= 4 is 17.4 Å². The lowest BCUT2D eigenvalue weighted by Crippen LogP contribution is -2.29. The number of nitrogens with one attached hydrogen (secondary N) is 1. The largest absolute Gasteiger partial charge is 0.372 e. The van der Waals surface area contributed by atoms with E-state index in [0.29, 0.717) is 12.1 Å². The predicted octanol–water partition coefficient (Wildman–Crippen LogP) is 3.16. The zero-order valence-electron chi connectivity index (χ0n) is 12.8. The number of thioether (sulfide) groups is 1. The van der Waals surface area contributed by atoms with Crippen molar-refractivity contribution in [2.75, 3.05) is 24.0 Å². The van der Waals surface area contributed by atoms with Crippen LogP contribution >= 0.6 is 11.8 Å². The van der Waals surface area contributed by atoms with Gasteiger partial charge in [0.05, 0.1) is 5.69 Å². The molecule has 0 saturated heterocycles. The van der Waals surface area contributed by atoms with E-state index in [9.17, 15) is 0 Å². The van der Waals surface area contributed by atoms with Crippen LogP contribution in [0.15, 0.2) is 18.3 Å². The molecule has 1 rings (SSSR count). The van der Waals surface area contributed by atoms with Crippen molar-refractivity contribution in [3.63, 3.8) is 0 Å². The fourth-order valence-corrected chi connectivity index (χ4v) is 2.40. The van der Waals surface area contributed by atoms with Gasteiger partial charge in [-0.1, -0.05) is 13.8 Å². The molecule has 0 fully saturated rings. The molecule has 1 unspecified atom stereocenters. The molecule has 108 valence electrons. The van der Waals surface area contributed by atoms with E-state index in [1.54, 1.807) is 0 Å². The maximum Gasteiger partial charge on any atom is 0.0562 e. The first-order valence-electron chi connectivity index (χ1n) is 6.94. The van der Waals surface area contributed by atoms with Crippen molar-refractivity contribution in [1.82, 2.24) is 10.3 Å². The first kappa shape index (κ1) is 16.3. The van der Waals surface area contributed by atoms with Gasteiger partial charge in [0.25, 0.3) is 0 Å². The van der Waals surface area contributed by atoms with Crippen LogP contribution in [0, 0.1) is 0 Å². The van der Waals surface area contributed by atoms with Crippen LogP contribution in [0.3, 0.4) is 0 Å². The average molecular weight is 281 g/mol. The summed E-state index contributed by atoms with van der Waals surface area (Å²) in [6.45, 7) is 7.42. The molecule has 1 aromatic rings. The summed E-state index contributed by atoms with van der Waals surface area (Å²) in [6, 6.07) is 5.32. The minimum atomic E-state index is 0.490. The van der Waals surface area contributed by atoms with Crippen LogP contribution in [0.25, 0.3) is 0 Å². The van der Waals surface area contributed by atoms with E-state index in [1.165, 1.54) is 17.9 Å². The Balaban J connectivity index is 2.64. The Labute approximate surface area is 122 Å². The summed E-state index contributed by atoms with van der Waals surface area (Å²) in [6.07, 6.45) is 5.28. The molecule has 4 heteroatoms. The second-order valence-corrected chi connectivity index (χ2v) is 6.27.